The Balaban J connectivity index is 1.53. The molecule has 6 rings (SSSR count). The van der Waals surface area contributed by atoms with Gasteiger partial charge in [-0.2, -0.15) is 0 Å². The van der Waals surface area contributed by atoms with Crippen molar-refractivity contribution >= 4 is 22.8 Å². The lowest BCUT2D eigenvalue weighted by Crippen LogP contribution is -2.47. The normalized spacial score (nSPS) is 17.4. The van der Waals surface area contributed by atoms with Crippen LogP contribution in [0.2, 0.25) is 0 Å². The van der Waals surface area contributed by atoms with Crippen molar-refractivity contribution in [3.05, 3.63) is 96.8 Å². The molecule has 0 aliphatic carbocycles. The number of hydrogen-bond acceptors (Lipinski definition) is 6. The van der Waals surface area contributed by atoms with Crippen LogP contribution in [-0.4, -0.2) is 21.5 Å². The number of carbonyl (C=O) groups excluding carboxylic acids is 2. The van der Waals surface area contributed by atoms with Crippen molar-refractivity contribution in [1.29, 1.82) is 0 Å². The van der Waals surface area contributed by atoms with E-state index in [0.717, 1.165) is 44.3 Å². The van der Waals surface area contributed by atoms with Crippen LogP contribution in [0.25, 0.3) is 22.3 Å². The minimum atomic E-state index is -1.75. The van der Waals surface area contributed by atoms with Crippen LogP contribution < -0.4 is 5.56 Å². The van der Waals surface area contributed by atoms with Crippen molar-refractivity contribution in [3.63, 3.8) is 0 Å². The molecule has 39 heavy (non-hydrogen) atoms. The first-order valence-electron chi connectivity index (χ1n) is 13.2. The number of cyclic esters (lactones) is 1. The zero-order valence-corrected chi connectivity index (χ0v) is 23.0. The number of aromatic nitrogens is 2. The van der Waals surface area contributed by atoms with Crippen LogP contribution in [0.15, 0.2) is 41.2 Å². The summed E-state index contributed by atoms with van der Waals surface area (Å²) < 4.78 is 13.3. The van der Waals surface area contributed by atoms with E-state index in [1.54, 1.807) is 17.6 Å². The maximum atomic E-state index is 13.8. The van der Waals surface area contributed by atoms with Gasteiger partial charge in [0.25, 0.3) is 5.56 Å². The monoisotopic (exact) mass is 522 g/mol. The molecule has 4 aromatic rings. The van der Waals surface area contributed by atoms with Gasteiger partial charge in [-0.05, 0) is 87.1 Å². The minimum Gasteiger partial charge on any atom is -0.457 e. The van der Waals surface area contributed by atoms with Crippen LogP contribution in [0.3, 0.4) is 0 Å². The number of fused-ring (bicyclic) bond motifs is 5. The summed E-state index contributed by atoms with van der Waals surface area (Å²) >= 11 is 0. The van der Waals surface area contributed by atoms with Gasteiger partial charge in [0.2, 0.25) is 5.60 Å². The van der Waals surface area contributed by atoms with E-state index in [1.165, 1.54) is 0 Å². The fourth-order valence-corrected chi connectivity index (χ4v) is 6.10. The van der Waals surface area contributed by atoms with E-state index >= 15 is 0 Å². The molecule has 2 aliphatic rings. The number of carbonyl (C=O) groups is 2. The van der Waals surface area contributed by atoms with Gasteiger partial charge in [-0.25, -0.2) is 14.6 Å². The highest BCUT2D eigenvalue weighted by atomic mass is 16.6. The Labute approximate surface area is 226 Å². The molecule has 1 atom stereocenters. The van der Waals surface area contributed by atoms with Crippen LogP contribution >= 0.6 is 0 Å². The van der Waals surface area contributed by atoms with Crippen molar-refractivity contribution in [1.82, 2.24) is 9.55 Å². The molecule has 7 heteroatoms. The molecule has 0 bridgehead atoms. The molecule has 0 amide bonds. The number of nitrogens with zero attached hydrogens (tertiary/aromatic N) is 2. The summed E-state index contributed by atoms with van der Waals surface area (Å²) in [6.07, 6.45) is 0.118. The highest BCUT2D eigenvalue weighted by Crippen LogP contribution is 2.42. The Kier molecular flexibility index (Phi) is 5.54. The van der Waals surface area contributed by atoms with Crippen molar-refractivity contribution in [2.45, 2.75) is 66.7 Å². The number of ether oxygens (including phenoxy) is 2. The third kappa shape index (κ3) is 3.42. The van der Waals surface area contributed by atoms with Gasteiger partial charge in [0, 0.05) is 16.5 Å². The zero-order chi connectivity index (χ0) is 27.8. The van der Waals surface area contributed by atoms with Gasteiger partial charge in [0.15, 0.2) is 0 Å². The summed E-state index contributed by atoms with van der Waals surface area (Å²) in [7, 11) is 0. The van der Waals surface area contributed by atoms with Crippen molar-refractivity contribution in [3.8, 4) is 11.4 Å². The van der Waals surface area contributed by atoms with Gasteiger partial charge in [-0.15, -0.1) is 0 Å². The van der Waals surface area contributed by atoms with E-state index in [2.05, 4.69) is 0 Å². The maximum Gasteiger partial charge on any atom is 0.355 e. The lowest BCUT2D eigenvalue weighted by atomic mass is 9.85. The number of esters is 2. The number of rotatable bonds is 3. The molecule has 0 N–H and O–H groups in total. The van der Waals surface area contributed by atoms with Gasteiger partial charge in [-0.3, -0.25) is 4.79 Å². The van der Waals surface area contributed by atoms with Gasteiger partial charge in [0.1, 0.15) is 6.61 Å². The molecule has 0 fully saturated rings. The molecule has 4 heterocycles. The quantitative estimate of drug-likeness (QED) is 0.291. The molecule has 2 aromatic carbocycles. The van der Waals surface area contributed by atoms with Gasteiger partial charge in [-0.1, -0.05) is 25.1 Å². The van der Waals surface area contributed by atoms with Crippen molar-refractivity contribution < 1.29 is 19.1 Å². The number of pyridine rings is 2. The predicted octanol–water partition coefficient (Wildman–Crippen LogP) is 5.49. The van der Waals surface area contributed by atoms with E-state index in [0.29, 0.717) is 34.6 Å². The summed E-state index contributed by atoms with van der Waals surface area (Å²) in [6.45, 7) is 11.7. The minimum absolute atomic E-state index is 0.118. The second-order valence-electron chi connectivity index (χ2n) is 10.6. The van der Waals surface area contributed by atoms with E-state index < -0.39 is 17.5 Å². The third-order valence-electron chi connectivity index (χ3n) is 8.86. The molecule has 0 saturated carbocycles. The second kappa shape index (κ2) is 8.63. The molecule has 0 saturated heterocycles. The summed E-state index contributed by atoms with van der Waals surface area (Å²) in [5, 5.41) is 0.992. The average molecular weight is 523 g/mol. The average Bonchev–Trinajstić information content (AvgIpc) is 3.29. The van der Waals surface area contributed by atoms with Crippen molar-refractivity contribution in [2.75, 3.05) is 0 Å². The Bertz CT molecular complexity index is 1790. The van der Waals surface area contributed by atoms with E-state index in [1.807, 2.05) is 65.0 Å². The molecule has 2 aromatic heterocycles. The lowest BCUT2D eigenvalue weighted by Gasteiger charge is -2.36. The van der Waals surface area contributed by atoms with Crippen LogP contribution in [0.4, 0.5) is 0 Å². The highest BCUT2D eigenvalue weighted by Gasteiger charge is 2.51. The topological polar surface area (TPSA) is 87.5 Å². The first-order valence-corrected chi connectivity index (χ1v) is 13.2. The third-order valence-corrected chi connectivity index (χ3v) is 8.86. The van der Waals surface area contributed by atoms with Crippen LogP contribution in [0.1, 0.15) is 68.2 Å². The standard InChI is InChI=1S/C32H30N2O5/c1-7-32(39-30(36)27-19(5)17(3)16(2)18(4)20(27)6)24-13-26-28-22(12-21-10-8-9-11-25(21)33-28)14-34(26)29(35)23(24)15-38-31(32)37/h8-13H,7,14-15H2,1-6H3/t32-/m0/s1. The van der Waals surface area contributed by atoms with E-state index in [4.69, 9.17) is 14.5 Å². The Morgan fingerprint density at radius 3 is 2.36 bits per heavy atom. The summed E-state index contributed by atoms with van der Waals surface area (Å²) in [6, 6.07) is 11.6. The smallest absolute Gasteiger partial charge is 0.355 e. The molecule has 2 aliphatic heterocycles. The molecule has 7 nitrogen and oxygen atoms in total. The van der Waals surface area contributed by atoms with Crippen LogP contribution in [-0.2, 0) is 33.0 Å². The number of benzene rings is 2. The van der Waals surface area contributed by atoms with E-state index in [-0.39, 0.29) is 18.6 Å². The van der Waals surface area contributed by atoms with Crippen LogP contribution in [0, 0.1) is 34.6 Å². The van der Waals surface area contributed by atoms with Crippen molar-refractivity contribution in [2.24, 2.45) is 0 Å². The summed E-state index contributed by atoms with van der Waals surface area (Å²) in [5.74, 6) is -1.27. The largest absolute Gasteiger partial charge is 0.457 e. The van der Waals surface area contributed by atoms with Gasteiger partial charge in [0.05, 0.1) is 34.6 Å². The Morgan fingerprint density at radius 1 is 1.00 bits per heavy atom. The molecule has 198 valence electrons. The SMILES string of the molecule is CC[C@@]1(OC(=O)c2c(C)c(C)c(C)c(C)c2C)C(=O)OCc2c1cc1n(c2=O)Cc2cc3ccccc3nc2-1. The number of hydrogen-bond donors (Lipinski definition) is 0. The lowest BCUT2D eigenvalue weighted by molar-refractivity contribution is -0.173. The maximum absolute atomic E-state index is 13.8. The first kappa shape index (κ1) is 25.0. The summed E-state index contributed by atoms with van der Waals surface area (Å²) in [5.41, 5.74) is 6.96. The Hall–Kier alpha value is -4.26. The highest BCUT2D eigenvalue weighted by molar-refractivity contribution is 5.97. The molecule has 0 spiro atoms. The zero-order valence-electron chi connectivity index (χ0n) is 23.0. The Morgan fingerprint density at radius 2 is 1.67 bits per heavy atom. The van der Waals surface area contributed by atoms with E-state index in [9.17, 15) is 14.4 Å². The summed E-state index contributed by atoms with van der Waals surface area (Å²) in [4.78, 5) is 45.9. The second-order valence-corrected chi connectivity index (χ2v) is 10.6. The number of para-hydroxylation sites is 1. The molecule has 0 unspecified atom stereocenters. The van der Waals surface area contributed by atoms with Crippen LogP contribution in [0.5, 0.6) is 0 Å². The predicted molar refractivity (Wildman–Crippen MR) is 148 cm³/mol. The van der Waals surface area contributed by atoms with Gasteiger partial charge < -0.3 is 14.0 Å². The fraction of sp³-hybridized carbons (Fsp3) is 0.312. The molecular weight excluding hydrogens is 492 g/mol. The molecular formula is C32H30N2O5. The van der Waals surface area contributed by atoms with Gasteiger partial charge >= 0.3 is 11.9 Å². The molecule has 0 radical (unpaired) electrons. The fourth-order valence-electron chi connectivity index (χ4n) is 6.10. The first-order chi connectivity index (χ1) is 18.6.